The van der Waals surface area contributed by atoms with Gasteiger partial charge in [-0.15, -0.1) is 0 Å². The summed E-state index contributed by atoms with van der Waals surface area (Å²) in [6.45, 7) is 9.55. The van der Waals surface area contributed by atoms with Crippen molar-refractivity contribution in [2.24, 2.45) is 0 Å². The number of fused-ring (bicyclic) bond motifs is 6. The molecule has 0 spiro atoms. The van der Waals surface area contributed by atoms with Crippen LogP contribution in [0.25, 0.3) is 21.5 Å². The third kappa shape index (κ3) is 7.10. The van der Waals surface area contributed by atoms with E-state index in [-0.39, 0.29) is 23.5 Å². The number of nitrogens with zero attached hydrogens (tertiary/aromatic N) is 2. The van der Waals surface area contributed by atoms with Gasteiger partial charge in [0.05, 0.1) is 16.9 Å². The van der Waals surface area contributed by atoms with E-state index in [9.17, 15) is 21.7 Å². The van der Waals surface area contributed by atoms with Gasteiger partial charge in [-0.3, -0.25) is 4.55 Å². The van der Waals surface area contributed by atoms with E-state index in [2.05, 4.69) is 111 Å². The van der Waals surface area contributed by atoms with E-state index >= 15 is 0 Å². The SMILES string of the molecule is CC1(C)C(/C=C/C2=C(Cl)C(=C/C=C3/N(CCS(=O)(=O)O)c4ccc5ccccc5c4C3(C)C)/CCC2)=[N+](CCCS(=O)O)c2ccc3ccccc3c21. The van der Waals surface area contributed by atoms with Crippen LogP contribution >= 0.6 is 11.6 Å². The van der Waals surface area contributed by atoms with Crippen molar-refractivity contribution < 1.29 is 26.3 Å². The Morgan fingerprint density at radius 3 is 2.21 bits per heavy atom. The van der Waals surface area contributed by atoms with Crippen LogP contribution in [-0.4, -0.2) is 56.6 Å². The summed E-state index contributed by atoms with van der Waals surface area (Å²) in [5.74, 6) is -0.175. The van der Waals surface area contributed by atoms with Crippen LogP contribution in [0.1, 0.15) is 64.5 Å². The highest BCUT2D eigenvalue weighted by Crippen LogP contribution is 2.51. The fraction of sp³-hybridized carbons (Fsp3) is 0.326. The zero-order valence-corrected chi connectivity index (χ0v) is 33.0. The lowest BCUT2D eigenvalue weighted by Crippen LogP contribution is -2.30. The van der Waals surface area contributed by atoms with E-state index in [0.717, 1.165) is 69.5 Å². The standard InChI is InChI=1S/C43H45ClN2O5S2/c1-42(2)37(45(25-10-27-52(47)48)35-21-17-29-11-5-7-15-33(29)39(35)42)23-19-31-13-9-14-32(41(31)44)20-24-38-43(3,4)40-34-16-8-6-12-30(34)18-22-36(40)46(38)26-28-53(49,50)51/h5-8,11-12,15-24H,9-10,13-14,25-28H2,1-4H3,(H-,47,48,49,50,51)/p+1. The summed E-state index contributed by atoms with van der Waals surface area (Å²) in [5.41, 5.74) is 7.80. The molecule has 276 valence electrons. The maximum absolute atomic E-state index is 11.9. The lowest BCUT2D eigenvalue weighted by molar-refractivity contribution is -0.437. The van der Waals surface area contributed by atoms with Gasteiger partial charge in [-0.2, -0.15) is 13.0 Å². The minimum Gasteiger partial charge on any atom is -0.343 e. The summed E-state index contributed by atoms with van der Waals surface area (Å²) in [7, 11) is -4.18. The molecule has 1 unspecified atom stereocenters. The Morgan fingerprint density at radius 1 is 0.868 bits per heavy atom. The van der Waals surface area contributed by atoms with Crippen molar-refractivity contribution in [1.29, 1.82) is 0 Å². The number of rotatable bonds is 10. The second-order valence-corrected chi connectivity index (χ2v) is 18.2. The quantitative estimate of drug-likeness (QED) is 0.0948. The molecule has 7 rings (SSSR count). The molecule has 10 heteroatoms. The van der Waals surface area contributed by atoms with Gasteiger partial charge in [0.25, 0.3) is 10.1 Å². The maximum atomic E-state index is 11.9. The molecule has 7 nitrogen and oxygen atoms in total. The van der Waals surface area contributed by atoms with Gasteiger partial charge in [-0.1, -0.05) is 92.2 Å². The lowest BCUT2D eigenvalue weighted by Gasteiger charge is -2.27. The summed E-state index contributed by atoms with van der Waals surface area (Å²) in [6, 6.07) is 25.1. The molecule has 1 atom stereocenters. The van der Waals surface area contributed by atoms with Crippen molar-refractivity contribution in [3.63, 3.8) is 0 Å². The summed E-state index contributed by atoms with van der Waals surface area (Å²) in [5, 5.41) is 5.34. The van der Waals surface area contributed by atoms with Crippen LogP contribution < -0.4 is 4.90 Å². The highest BCUT2D eigenvalue weighted by atomic mass is 35.5. The highest BCUT2D eigenvalue weighted by Gasteiger charge is 2.45. The Morgan fingerprint density at radius 2 is 1.53 bits per heavy atom. The molecule has 0 amide bonds. The third-order valence-corrected chi connectivity index (χ3v) is 12.9. The fourth-order valence-corrected chi connectivity index (χ4v) is 9.78. The summed E-state index contributed by atoms with van der Waals surface area (Å²) in [4.78, 5) is 2.02. The molecule has 2 aliphatic heterocycles. The van der Waals surface area contributed by atoms with E-state index in [1.54, 1.807) is 0 Å². The molecule has 2 N–H and O–H groups in total. The van der Waals surface area contributed by atoms with Gasteiger partial charge in [0, 0.05) is 52.5 Å². The molecule has 53 heavy (non-hydrogen) atoms. The van der Waals surface area contributed by atoms with Crippen molar-refractivity contribution in [2.45, 2.75) is 64.2 Å². The normalized spacial score (nSPS) is 20.4. The average Bonchev–Trinajstić information content (AvgIpc) is 3.47. The van der Waals surface area contributed by atoms with Crippen LogP contribution in [0, 0.1) is 0 Å². The fourth-order valence-electron chi connectivity index (χ4n) is 8.67. The Balaban J connectivity index is 1.27. The van der Waals surface area contributed by atoms with Crippen LogP contribution in [0.15, 0.2) is 119 Å². The van der Waals surface area contributed by atoms with Crippen molar-refractivity contribution in [1.82, 2.24) is 0 Å². The minimum atomic E-state index is -4.18. The molecule has 0 saturated carbocycles. The second kappa shape index (κ2) is 14.4. The predicted octanol–water partition coefficient (Wildman–Crippen LogP) is 9.71. The predicted molar refractivity (Wildman–Crippen MR) is 220 cm³/mol. The van der Waals surface area contributed by atoms with Gasteiger partial charge < -0.3 is 9.45 Å². The second-order valence-electron chi connectivity index (χ2n) is 15.2. The van der Waals surface area contributed by atoms with Crippen molar-refractivity contribution >= 4 is 71.4 Å². The first-order chi connectivity index (χ1) is 25.2. The number of allylic oxidation sites excluding steroid dienone is 8. The van der Waals surface area contributed by atoms with Crippen LogP contribution in [-0.2, 0) is 32.0 Å². The van der Waals surface area contributed by atoms with Crippen molar-refractivity contribution in [2.75, 3.05) is 29.5 Å². The zero-order valence-electron chi connectivity index (χ0n) is 30.6. The molecule has 0 fully saturated rings. The number of hydrogen-bond acceptors (Lipinski definition) is 4. The molecule has 4 aromatic rings. The molecule has 1 aliphatic carbocycles. The van der Waals surface area contributed by atoms with Crippen LogP contribution in [0.5, 0.6) is 0 Å². The first kappa shape index (κ1) is 37.5. The highest BCUT2D eigenvalue weighted by molar-refractivity contribution is 7.85. The summed E-state index contributed by atoms with van der Waals surface area (Å²) in [6.07, 6.45) is 11.6. The Kier molecular flexibility index (Phi) is 10.2. The zero-order chi connectivity index (χ0) is 37.7. The van der Waals surface area contributed by atoms with Crippen LogP contribution in [0.2, 0.25) is 0 Å². The molecule has 4 aromatic carbocycles. The Labute approximate surface area is 320 Å². The molecule has 0 bridgehead atoms. The monoisotopic (exact) mass is 769 g/mol. The third-order valence-electron chi connectivity index (χ3n) is 11.1. The van der Waals surface area contributed by atoms with Gasteiger partial charge in [0.1, 0.15) is 6.54 Å². The van der Waals surface area contributed by atoms with Gasteiger partial charge in [0.15, 0.2) is 16.8 Å². The molecular formula is C43H46ClN2O5S2+. The Hall–Kier alpha value is -3.86. The van der Waals surface area contributed by atoms with Gasteiger partial charge in [0.2, 0.25) is 5.69 Å². The smallest absolute Gasteiger partial charge is 0.266 e. The molecule has 0 saturated heterocycles. The lowest BCUT2D eigenvalue weighted by atomic mass is 9.78. The van der Waals surface area contributed by atoms with Crippen LogP contribution in [0.3, 0.4) is 0 Å². The van der Waals surface area contributed by atoms with E-state index in [1.165, 1.54) is 16.3 Å². The summed E-state index contributed by atoms with van der Waals surface area (Å²) < 4.78 is 57.0. The topological polar surface area (TPSA) is 97.9 Å². The number of halogens is 1. The van der Waals surface area contributed by atoms with E-state index in [1.807, 2.05) is 23.1 Å². The van der Waals surface area contributed by atoms with Gasteiger partial charge in [-0.05, 0) is 89.6 Å². The molecule has 0 aromatic heterocycles. The number of benzene rings is 4. The van der Waals surface area contributed by atoms with Crippen LogP contribution in [0.4, 0.5) is 11.4 Å². The maximum Gasteiger partial charge on any atom is 0.266 e. The minimum absolute atomic E-state index is 0.122. The van der Waals surface area contributed by atoms with E-state index < -0.39 is 26.6 Å². The Bertz CT molecular complexity index is 2440. The molecule has 0 radical (unpaired) electrons. The number of anilines is 1. The van der Waals surface area contributed by atoms with Gasteiger partial charge in [-0.25, -0.2) is 4.21 Å². The molecule has 2 heterocycles. The first-order valence-corrected chi connectivity index (χ1v) is 21.4. The largest absolute Gasteiger partial charge is 0.343 e. The summed E-state index contributed by atoms with van der Waals surface area (Å²) >= 11 is 5.37. The first-order valence-electron chi connectivity index (χ1n) is 18.2. The van der Waals surface area contributed by atoms with Gasteiger partial charge >= 0.3 is 0 Å². The molecule has 3 aliphatic rings. The van der Waals surface area contributed by atoms with E-state index in [0.29, 0.717) is 18.0 Å². The average molecular weight is 770 g/mol. The van der Waals surface area contributed by atoms with Crippen molar-refractivity contribution in [3.8, 4) is 0 Å². The number of hydrogen-bond donors (Lipinski definition) is 2. The van der Waals surface area contributed by atoms with Crippen molar-refractivity contribution in [3.05, 3.63) is 130 Å². The molecular weight excluding hydrogens is 724 g/mol. The van der Waals surface area contributed by atoms with E-state index in [4.69, 9.17) is 11.6 Å².